The molecule has 0 atom stereocenters. The Bertz CT molecular complexity index is 1360. The van der Waals surface area contributed by atoms with Crippen LogP contribution in [0.15, 0.2) is 41.3 Å². The molecule has 1 heterocycles. The molecule has 4 aromatic rings. The molecule has 168 valence electrons. The van der Waals surface area contributed by atoms with Gasteiger partial charge in [-0.1, -0.05) is 22.6 Å². The fraction of sp³-hybridized carbons (Fsp3) is 0.320. The smallest absolute Gasteiger partial charge is 0.259 e. The predicted molar refractivity (Wildman–Crippen MR) is 137 cm³/mol. The molecule has 0 bridgehead atoms. The minimum Gasteiger partial charge on any atom is -0.496 e. The van der Waals surface area contributed by atoms with Crippen molar-refractivity contribution in [3.05, 3.63) is 52.4 Å². The van der Waals surface area contributed by atoms with Gasteiger partial charge in [-0.3, -0.25) is 4.79 Å². The highest BCUT2D eigenvalue weighted by Gasteiger charge is 2.18. The van der Waals surface area contributed by atoms with Crippen molar-refractivity contribution < 1.29 is 19.3 Å². The van der Waals surface area contributed by atoms with Crippen molar-refractivity contribution in [1.82, 2.24) is 4.57 Å². The van der Waals surface area contributed by atoms with Crippen LogP contribution in [0.25, 0.3) is 32.3 Å². The van der Waals surface area contributed by atoms with Crippen molar-refractivity contribution in [2.75, 3.05) is 25.8 Å². The van der Waals surface area contributed by atoms with E-state index < -0.39 is 0 Å². The van der Waals surface area contributed by atoms with Crippen LogP contribution in [0.4, 0.5) is 0 Å². The Kier molecular flexibility index (Phi) is 6.76. The highest BCUT2D eigenvalue weighted by Crippen LogP contribution is 2.41. The molecule has 7 heteroatoms. The van der Waals surface area contributed by atoms with Gasteiger partial charge in [-0.05, 0) is 74.5 Å². The van der Waals surface area contributed by atoms with E-state index in [4.69, 9.17) is 14.2 Å². The zero-order valence-corrected chi connectivity index (χ0v) is 20.6. The van der Waals surface area contributed by atoms with Gasteiger partial charge in [0.1, 0.15) is 5.75 Å². The molecule has 0 aliphatic carbocycles. The molecule has 0 spiro atoms. The molecule has 1 aromatic heterocycles. The molecular weight excluding hydrogens is 521 g/mol. The number of ether oxygens (including phenoxy) is 3. The Morgan fingerprint density at radius 2 is 1.44 bits per heavy atom. The number of aliphatic hydroxyl groups is 1. The molecule has 0 amide bonds. The molecule has 0 unspecified atom stereocenters. The number of pyridine rings is 1. The molecule has 0 aliphatic rings. The molecule has 32 heavy (non-hydrogen) atoms. The molecule has 6 nitrogen and oxygen atoms in total. The summed E-state index contributed by atoms with van der Waals surface area (Å²) in [4.78, 5) is 13.6. The summed E-state index contributed by atoms with van der Waals surface area (Å²) in [6.07, 6.45) is 3.89. The van der Waals surface area contributed by atoms with E-state index in [9.17, 15) is 9.90 Å². The quantitative estimate of drug-likeness (QED) is 0.145. The largest absolute Gasteiger partial charge is 0.496 e. The summed E-state index contributed by atoms with van der Waals surface area (Å²) in [5.41, 5.74) is 0.655. The molecule has 0 aliphatic heterocycles. The third-order valence-electron chi connectivity index (χ3n) is 5.91. The SMILES string of the molecule is COc1cc2c(cc1CO)c1cc(OC)c(OC)cc1c1c(=O)n(CCCCI)ccc21. The van der Waals surface area contributed by atoms with E-state index in [1.54, 1.807) is 25.9 Å². The Morgan fingerprint density at radius 3 is 2.06 bits per heavy atom. The lowest BCUT2D eigenvalue weighted by Gasteiger charge is -2.17. The Morgan fingerprint density at radius 1 is 0.844 bits per heavy atom. The summed E-state index contributed by atoms with van der Waals surface area (Å²) in [6.45, 7) is 0.529. The molecule has 1 N–H and O–H groups in total. The standard InChI is InChI=1S/C25H26INO5/c1-30-21-11-18-16-6-9-27(8-5-4-7-26)25(29)24(16)20-13-23(32-3)22(31-2)12-19(20)17(18)10-15(21)14-28/h6,9-13,28H,4-5,7-8,14H2,1-3H3. The van der Waals surface area contributed by atoms with Crippen molar-refractivity contribution in [2.24, 2.45) is 0 Å². The lowest BCUT2D eigenvalue weighted by Crippen LogP contribution is -2.20. The van der Waals surface area contributed by atoms with E-state index in [1.807, 2.05) is 36.5 Å². The fourth-order valence-electron chi connectivity index (χ4n) is 4.30. The Balaban J connectivity index is 2.18. The maximum Gasteiger partial charge on any atom is 0.259 e. The van der Waals surface area contributed by atoms with Crippen LogP contribution in [0.5, 0.6) is 17.2 Å². The van der Waals surface area contributed by atoms with Crippen LogP contribution >= 0.6 is 22.6 Å². The van der Waals surface area contributed by atoms with Crippen LogP contribution in [-0.4, -0.2) is 35.4 Å². The van der Waals surface area contributed by atoms with E-state index in [0.29, 0.717) is 34.7 Å². The molecule has 3 aromatic carbocycles. The highest BCUT2D eigenvalue weighted by atomic mass is 127. The molecule has 4 rings (SSSR count). The number of aromatic nitrogens is 1. The van der Waals surface area contributed by atoms with Gasteiger partial charge in [0, 0.05) is 18.3 Å². The van der Waals surface area contributed by atoms with E-state index in [1.165, 1.54) is 0 Å². The normalized spacial score (nSPS) is 11.4. The van der Waals surface area contributed by atoms with Gasteiger partial charge in [0.2, 0.25) is 0 Å². The molecule has 0 fully saturated rings. The summed E-state index contributed by atoms with van der Waals surface area (Å²) in [7, 11) is 4.76. The summed E-state index contributed by atoms with van der Waals surface area (Å²) in [5.74, 6) is 1.74. The lowest BCUT2D eigenvalue weighted by molar-refractivity contribution is 0.274. The number of unbranched alkanes of at least 4 members (excludes halogenated alkanes) is 1. The van der Waals surface area contributed by atoms with E-state index in [-0.39, 0.29) is 12.2 Å². The van der Waals surface area contributed by atoms with Gasteiger partial charge >= 0.3 is 0 Å². The van der Waals surface area contributed by atoms with Crippen molar-refractivity contribution in [2.45, 2.75) is 26.0 Å². The predicted octanol–water partition coefficient (Wildman–Crippen LogP) is 5.04. The van der Waals surface area contributed by atoms with Gasteiger partial charge in [-0.2, -0.15) is 0 Å². The van der Waals surface area contributed by atoms with Crippen LogP contribution in [0.2, 0.25) is 0 Å². The van der Waals surface area contributed by atoms with Gasteiger partial charge in [0.05, 0.1) is 33.3 Å². The lowest BCUT2D eigenvalue weighted by atomic mass is 9.93. The van der Waals surface area contributed by atoms with Gasteiger partial charge in [-0.15, -0.1) is 0 Å². The maximum atomic E-state index is 13.6. The monoisotopic (exact) mass is 547 g/mol. The summed E-state index contributed by atoms with van der Waals surface area (Å²) in [6, 6.07) is 9.59. The van der Waals surface area contributed by atoms with Crippen molar-refractivity contribution in [3.63, 3.8) is 0 Å². The van der Waals surface area contributed by atoms with Crippen molar-refractivity contribution in [1.29, 1.82) is 0 Å². The zero-order chi connectivity index (χ0) is 22.8. The maximum absolute atomic E-state index is 13.6. The topological polar surface area (TPSA) is 69.9 Å². The average Bonchev–Trinajstić information content (AvgIpc) is 2.83. The molecular formula is C25H26INO5. The number of halogens is 1. The van der Waals surface area contributed by atoms with Gasteiger partial charge in [0.25, 0.3) is 5.56 Å². The third-order valence-corrected chi connectivity index (χ3v) is 6.67. The van der Waals surface area contributed by atoms with E-state index in [2.05, 4.69) is 22.6 Å². The minimum absolute atomic E-state index is 0.0275. The van der Waals surface area contributed by atoms with Crippen LogP contribution in [0, 0.1) is 0 Å². The van der Waals surface area contributed by atoms with Gasteiger partial charge in [-0.25, -0.2) is 0 Å². The highest BCUT2D eigenvalue weighted by molar-refractivity contribution is 14.1. The van der Waals surface area contributed by atoms with Crippen molar-refractivity contribution in [3.8, 4) is 17.2 Å². The summed E-state index contributed by atoms with van der Waals surface area (Å²) < 4.78 is 19.5. The first-order chi connectivity index (χ1) is 15.6. The number of alkyl halides is 1. The first-order valence-electron chi connectivity index (χ1n) is 10.5. The van der Waals surface area contributed by atoms with E-state index >= 15 is 0 Å². The van der Waals surface area contributed by atoms with Crippen LogP contribution in [0.3, 0.4) is 0 Å². The number of rotatable bonds is 8. The molecule has 0 saturated carbocycles. The third kappa shape index (κ3) is 3.77. The number of aliphatic hydroxyl groups excluding tert-OH is 1. The second-order valence-corrected chi connectivity index (χ2v) is 8.70. The number of hydrogen-bond acceptors (Lipinski definition) is 5. The van der Waals surface area contributed by atoms with Crippen molar-refractivity contribution >= 4 is 54.9 Å². The summed E-state index contributed by atoms with van der Waals surface area (Å²) in [5, 5.41) is 14.8. The number of aryl methyl sites for hydroxylation is 1. The van der Waals surface area contributed by atoms with Gasteiger partial charge < -0.3 is 23.9 Å². The van der Waals surface area contributed by atoms with Crippen LogP contribution in [-0.2, 0) is 13.2 Å². The second-order valence-electron chi connectivity index (χ2n) is 7.62. The van der Waals surface area contributed by atoms with Crippen LogP contribution < -0.4 is 19.8 Å². The van der Waals surface area contributed by atoms with Gasteiger partial charge in [0.15, 0.2) is 11.5 Å². The summed E-state index contributed by atoms with van der Waals surface area (Å²) >= 11 is 2.36. The molecule has 0 radical (unpaired) electrons. The fourth-order valence-corrected chi connectivity index (χ4v) is 4.84. The number of fused-ring (bicyclic) bond motifs is 6. The first-order valence-corrected chi connectivity index (χ1v) is 12.0. The zero-order valence-electron chi connectivity index (χ0n) is 18.4. The number of benzene rings is 3. The van der Waals surface area contributed by atoms with Crippen LogP contribution in [0.1, 0.15) is 18.4 Å². The Labute approximate surface area is 199 Å². The number of nitrogens with zero attached hydrogens (tertiary/aromatic N) is 1. The Hall–Kier alpha value is -2.52. The molecule has 0 saturated heterocycles. The minimum atomic E-state index is -0.148. The average molecular weight is 547 g/mol. The first kappa shape index (κ1) is 22.7. The number of methoxy groups -OCH3 is 3. The van der Waals surface area contributed by atoms with E-state index in [0.717, 1.165) is 44.2 Å². The number of hydrogen-bond donors (Lipinski definition) is 1. The second kappa shape index (κ2) is 9.54.